The number of carbonyl (C=O) groups is 1. The second kappa shape index (κ2) is 6.81. The molecule has 1 fully saturated rings. The van der Waals surface area contributed by atoms with Crippen LogP contribution in [-0.4, -0.2) is 37.0 Å². The van der Waals surface area contributed by atoms with Crippen LogP contribution in [0.2, 0.25) is 10.0 Å². The summed E-state index contributed by atoms with van der Waals surface area (Å²) in [5.74, 6) is 0.00741. The molecule has 1 aliphatic rings. The Kier molecular flexibility index (Phi) is 4.79. The van der Waals surface area contributed by atoms with E-state index < -0.39 is 0 Å². The van der Waals surface area contributed by atoms with Gasteiger partial charge >= 0.3 is 0 Å². The van der Waals surface area contributed by atoms with Crippen molar-refractivity contribution in [1.82, 2.24) is 4.90 Å². The maximum atomic E-state index is 12.6. The minimum atomic E-state index is 0.00741. The Morgan fingerprint density at radius 3 is 2.30 bits per heavy atom. The van der Waals surface area contributed by atoms with Crippen LogP contribution in [0.25, 0.3) is 0 Å². The van der Waals surface area contributed by atoms with Gasteiger partial charge in [-0.05, 0) is 36.8 Å². The first-order chi connectivity index (χ1) is 11.1. The number of aryl methyl sites for hydroxylation is 1. The molecule has 0 N–H and O–H groups in total. The normalized spacial score (nSPS) is 14.9. The van der Waals surface area contributed by atoms with Crippen molar-refractivity contribution in [3.8, 4) is 0 Å². The molecule has 1 heterocycles. The number of hydrogen-bond donors (Lipinski definition) is 0. The molecule has 5 heteroatoms. The summed E-state index contributed by atoms with van der Waals surface area (Å²) in [6.07, 6.45) is 0. The number of anilines is 1. The number of carbonyl (C=O) groups excluding carboxylic acids is 1. The molecule has 2 aromatic carbocycles. The Balaban J connectivity index is 1.68. The molecule has 0 bridgehead atoms. The third-order valence-corrected chi connectivity index (χ3v) is 4.93. The fraction of sp³-hybridized carbons (Fsp3) is 0.278. The van der Waals surface area contributed by atoms with Gasteiger partial charge in [-0.1, -0.05) is 41.4 Å². The Bertz CT molecular complexity index is 725. The van der Waals surface area contributed by atoms with Crippen molar-refractivity contribution in [3.63, 3.8) is 0 Å². The average molecular weight is 349 g/mol. The molecule has 3 rings (SSSR count). The van der Waals surface area contributed by atoms with Crippen LogP contribution < -0.4 is 4.90 Å². The topological polar surface area (TPSA) is 23.6 Å². The summed E-state index contributed by atoms with van der Waals surface area (Å²) in [6, 6.07) is 13.4. The molecule has 2 aromatic rings. The molecule has 1 saturated heterocycles. The molecule has 0 saturated carbocycles. The average Bonchev–Trinajstić information content (AvgIpc) is 2.57. The summed E-state index contributed by atoms with van der Waals surface area (Å²) in [6.45, 7) is 5.18. The van der Waals surface area contributed by atoms with Crippen LogP contribution in [0.5, 0.6) is 0 Å². The SMILES string of the molecule is Cc1ccccc1N1CCN(C(=O)c2ccc(Cl)c(Cl)c2)CC1. The summed E-state index contributed by atoms with van der Waals surface area (Å²) < 4.78 is 0. The van der Waals surface area contributed by atoms with Gasteiger partial charge in [0, 0.05) is 37.4 Å². The Labute approximate surface area is 146 Å². The molecule has 0 aliphatic carbocycles. The lowest BCUT2D eigenvalue weighted by molar-refractivity contribution is 0.0747. The van der Waals surface area contributed by atoms with E-state index in [1.165, 1.54) is 11.3 Å². The first-order valence-corrected chi connectivity index (χ1v) is 8.37. The fourth-order valence-electron chi connectivity index (χ4n) is 2.88. The van der Waals surface area contributed by atoms with Crippen molar-refractivity contribution in [2.45, 2.75) is 6.92 Å². The fourth-order valence-corrected chi connectivity index (χ4v) is 3.18. The molecule has 3 nitrogen and oxygen atoms in total. The van der Waals surface area contributed by atoms with Gasteiger partial charge < -0.3 is 9.80 Å². The van der Waals surface area contributed by atoms with Gasteiger partial charge in [0.05, 0.1) is 10.0 Å². The van der Waals surface area contributed by atoms with Gasteiger partial charge in [0.25, 0.3) is 5.91 Å². The lowest BCUT2D eigenvalue weighted by Crippen LogP contribution is -2.49. The smallest absolute Gasteiger partial charge is 0.254 e. The highest BCUT2D eigenvalue weighted by Crippen LogP contribution is 2.24. The number of benzene rings is 2. The molecule has 120 valence electrons. The highest BCUT2D eigenvalue weighted by atomic mass is 35.5. The van der Waals surface area contributed by atoms with Crippen molar-refractivity contribution in [1.29, 1.82) is 0 Å². The van der Waals surface area contributed by atoms with Crippen molar-refractivity contribution >= 4 is 34.8 Å². The highest BCUT2D eigenvalue weighted by molar-refractivity contribution is 6.42. The van der Waals surface area contributed by atoms with E-state index in [0.717, 1.165) is 13.1 Å². The van der Waals surface area contributed by atoms with E-state index >= 15 is 0 Å². The van der Waals surface area contributed by atoms with Crippen LogP contribution in [0.3, 0.4) is 0 Å². The predicted octanol–water partition coefficient (Wildman–Crippen LogP) is 4.26. The second-order valence-corrected chi connectivity index (χ2v) is 6.51. The second-order valence-electron chi connectivity index (χ2n) is 5.69. The third-order valence-electron chi connectivity index (χ3n) is 4.19. The summed E-state index contributed by atoms with van der Waals surface area (Å²) in [7, 11) is 0. The van der Waals surface area contributed by atoms with Crippen LogP contribution in [0.1, 0.15) is 15.9 Å². The van der Waals surface area contributed by atoms with Crippen molar-refractivity contribution in [2.24, 2.45) is 0 Å². The number of piperazine rings is 1. The molecule has 0 unspecified atom stereocenters. The highest BCUT2D eigenvalue weighted by Gasteiger charge is 2.23. The third kappa shape index (κ3) is 3.46. The van der Waals surface area contributed by atoms with E-state index in [2.05, 4.69) is 30.0 Å². The van der Waals surface area contributed by atoms with Gasteiger partial charge in [0.15, 0.2) is 0 Å². The molecular weight excluding hydrogens is 331 g/mol. The monoisotopic (exact) mass is 348 g/mol. The van der Waals surface area contributed by atoms with Crippen LogP contribution in [0.4, 0.5) is 5.69 Å². The standard InChI is InChI=1S/C18H18Cl2N2O/c1-13-4-2-3-5-17(13)21-8-10-22(11-9-21)18(23)14-6-7-15(19)16(20)12-14/h2-7,12H,8-11H2,1H3. The number of amides is 1. The molecule has 0 radical (unpaired) electrons. The number of nitrogens with zero attached hydrogens (tertiary/aromatic N) is 2. The minimum Gasteiger partial charge on any atom is -0.368 e. The molecule has 0 spiro atoms. The lowest BCUT2D eigenvalue weighted by Gasteiger charge is -2.36. The molecular formula is C18H18Cl2N2O. The predicted molar refractivity (Wildman–Crippen MR) is 95.8 cm³/mol. The van der Waals surface area contributed by atoms with Crippen molar-refractivity contribution in [2.75, 3.05) is 31.1 Å². The molecule has 1 amide bonds. The van der Waals surface area contributed by atoms with Crippen molar-refractivity contribution < 1.29 is 4.79 Å². The maximum absolute atomic E-state index is 12.6. The summed E-state index contributed by atoms with van der Waals surface area (Å²) in [5.41, 5.74) is 3.09. The molecule has 0 atom stereocenters. The van der Waals surface area contributed by atoms with E-state index in [0.29, 0.717) is 28.7 Å². The first-order valence-electron chi connectivity index (χ1n) is 7.61. The van der Waals surface area contributed by atoms with E-state index in [4.69, 9.17) is 23.2 Å². The van der Waals surface area contributed by atoms with E-state index in [1.807, 2.05) is 11.0 Å². The summed E-state index contributed by atoms with van der Waals surface area (Å²) >= 11 is 11.9. The zero-order valence-corrected chi connectivity index (χ0v) is 14.4. The Hall–Kier alpha value is -1.71. The van der Waals surface area contributed by atoms with Crippen LogP contribution in [0, 0.1) is 6.92 Å². The number of hydrogen-bond acceptors (Lipinski definition) is 2. The van der Waals surface area contributed by atoms with Gasteiger partial charge in [-0.25, -0.2) is 0 Å². The van der Waals surface area contributed by atoms with Gasteiger partial charge in [-0.3, -0.25) is 4.79 Å². The van der Waals surface area contributed by atoms with E-state index in [-0.39, 0.29) is 5.91 Å². The maximum Gasteiger partial charge on any atom is 0.254 e. The molecule has 0 aromatic heterocycles. The Morgan fingerprint density at radius 2 is 1.65 bits per heavy atom. The van der Waals surface area contributed by atoms with E-state index in [9.17, 15) is 4.79 Å². The zero-order valence-electron chi connectivity index (χ0n) is 12.9. The number of para-hydroxylation sites is 1. The number of rotatable bonds is 2. The number of halogens is 2. The van der Waals surface area contributed by atoms with Crippen LogP contribution in [0.15, 0.2) is 42.5 Å². The Morgan fingerprint density at radius 1 is 0.957 bits per heavy atom. The summed E-state index contributed by atoms with van der Waals surface area (Å²) in [4.78, 5) is 16.8. The van der Waals surface area contributed by atoms with Gasteiger partial charge in [-0.15, -0.1) is 0 Å². The first kappa shape index (κ1) is 16.2. The van der Waals surface area contributed by atoms with Gasteiger partial charge in [0.2, 0.25) is 0 Å². The largest absolute Gasteiger partial charge is 0.368 e. The molecule has 1 aliphatic heterocycles. The van der Waals surface area contributed by atoms with Gasteiger partial charge in [-0.2, -0.15) is 0 Å². The minimum absolute atomic E-state index is 0.00741. The van der Waals surface area contributed by atoms with E-state index in [1.54, 1.807) is 18.2 Å². The lowest BCUT2D eigenvalue weighted by atomic mass is 10.1. The summed E-state index contributed by atoms with van der Waals surface area (Å²) in [5, 5.41) is 0.878. The van der Waals surface area contributed by atoms with Crippen molar-refractivity contribution in [3.05, 3.63) is 63.6 Å². The molecule has 23 heavy (non-hydrogen) atoms. The zero-order chi connectivity index (χ0) is 16.4. The van der Waals surface area contributed by atoms with Gasteiger partial charge in [0.1, 0.15) is 0 Å². The quantitative estimate of drug-likeness (QED) is 0.809. The van der Waals surface area contributed by atoms with Crippen LogP contribution >= 0.6 is 23.2 Å². The van der Waals surface area contributed by atoms with Crippen LogP contribution in [-0.2, 0) is 0 Å².